The molecule has 3 N–H and O–H groups in total. The Kier molecular flexibility index (Phi) is 5.27. The molecular formula is C32H28N2. The van der Waals surface area contributed by atoms with Gasteiger partial charge in [-0.3, -0.25) is 0 Å². The molecule has 0 heterocycles. The van der Waals surface area contributed by atoms with Gasteiger partial charge in [0.1, 0.15) is 0 Å². The summed E-state index contributed by atoms with van der Waals surface area (Å²) in [6.07, 6.45) is 9.50. The maximum Gasteiger partial charge on any atom is 0.0484 e. The quantitative estimate of drug-likeness (QED) is 0.362. The van der Waals surface area contributed by atoms with Crippen LogP contribution in [0.4, 0.5) is 17.1 Å². The lowest BCUT2D eigenvalue weighted by Gasteiger charge is -2.32. The number of hydrogen-bond donors (Lipinski definition) is 2. The van der Waals surface area contributed by atoms with Gasteiger partial charge in [0.15, 0.2) is 0 Å². The summed E-state index contributed by atoms with van der Waals surface area (Å²) >= 11 is 0. The van der Waals surface area contributed by atoms with Gasteiger partial charge in [-0.1, -0.05) is 91.0 Å². The van der Waals surface area contributed by atoms with E-state index in [0.717, 1.165) is 29.0 Å². The van der Waals surface area contributed by atoms with Gasteiger partial charge in [0.25, 0.3) is 0 Å². The summed E-state index contributed by atoms with van der Waals surface area (Å²) < 4.78 is 0. The summed E-state index contributed by atoms with van der Waals surface area (Å²) in [6, 6.07) is 34.3. The smallest absolute Gasteiger partial charge is 0.0484 e. The number of nitrogens with two attached hydrogens (primary N) is 1. The van der Waals surface area contributed by atoms with E-state index in [0.29, 0.717) is 11.8 Å². The van der Waals surface area contributed by atoms with Gasteiger partial charge >= 0.3 is 0 Å². The summed E-state index contributed by atoms with van der Waals surface area (Å²) in [7, 11) is 0. The van der Waals surface area contributed by atoms with Gasteiger partial charge in [-0.15, -0.1) is 0 Å². The van der Waals surface area contributed by atoms with Crippen LogP contribution in [0.1, 0.15) is 24.3 Å². The van der Waals surface area contributed by atoms with Crippen LogP contribution >= 0.6 is 0 Å². The van der Waals surface area contributed by atoms with E-state index < -0.39 is 0 Å². The van der Waals surface area contributed by atoms with Crippen molar-refractivity contribution in [2.24, 2.45) is 5.92 Å². The first-order valence-corrected chi connectivity index (χ1v) is 12.1. The Hall–Kier alpha value is -4.04. The molecule has 2 nitrogen and oxygen atoms in total. The van der Waals surface area contributed by atoms with Crippen LogP contribution in [0.2, 0.25) is 0 Å². The normalized spacial score (nSPS) is 18.5. The third-order valence-corrected chi connectivity index (χ3v) is 7.08. The molecule has 0 fully saturated rings. The summed E-state index contributed by atoms with van der Waals surface area (Å²) in [5, 5.41) is 6.30. The molecule has 2 unspecified atom stereocenters. The van der Waals surface area contributed by atoms with E-state index in [1.165, 1.54) is 33.6 Å². The van der Waals surface area contributed by atoms with Crippen molar-refractivity contribution in [2.75, 3.05) is 11.1 Å². The minimum Gasteiger partial charge on any atom is -0.399 e. The average Bonchev–Trinajstić information content (AvgIpc) is 2.89. The molecule has 0 radical (unpaired) electrons. The highest BCUT2D eigenvalue weighted by Gasteiger charge is 2.28. The summed E-state index contributed by atoms with van der Waals surface area (Å²) in [5.74, 6) is 0.887. The van der Waals surface area contributed by atoms with Crippen molar-refractivity contribution in [3.05, 3.63) is 125 Å². The summed E-state index contributed by atoms with van der Waals surface area (Å²) in [6.45, 7) is 0. The van der Waals surface area contributed by atoms with E-state index >= 15 is 0 Å². The zero-order valence-corrected chi connectivity index (χ0v) is 19.1. The van der Waals surface area contributed by atoms with Gasteiger partial charge in [0, 0.05) is 28.5 Å². The van der Waals surface area contributed by atoms with Gasteiger partial charge in [0.2, 0.25) is 0 Å². The Morgan fingerprint density at radius 3 is 2.56 bits per heavy atom. The van der Waals surface area contributed by atoms with E-state index in [1.54, 1.807) is 0 Å². The minimum absolute atomic E-state index is 0.370. The number of nitrogens with one attached hydrogen (secondary N) is 1. The molecule has 0 saturated heterocycles. The van der Waals surface area contributed by atoms with Gasteiger partial charge in [-0.25, -0.2) is 0 Å². The Labute approximate surface area is 200 Å². The third kappa shape index (κ3) is 3.82. The number of nitrogen functional groups attached to an aromatic ring is 1. The molecule has 6 rings (SSSR count). The Bertz CT molecular complexity index is 1500. The first-order chi connectivity index (χ1) is 16.8. The van der Waals surface area contributed by atoms with E-state index in [9.17, 15) is 0 Å². The molecule has 0 aromatic heterocycles. The number of hydrogen-bond acceptors (Lipinski definition) is 2. The molecule has 4 aromatic carbocycles. The van der Waals surface area contributed by atoms with Crippen molar-refractivity contribution in [3.8, 4) is 11.1 Å². The van der Waals surface area contributed by atoms with Gasteiger partial charge in [-0.05, 0) is 70.2 Å². The van der Waals surface area contributed by atoms with E-state index in [1.807, 2.05) is 30.3 Å². The second-order valence-corrected chi connectivity index (χ2v) is 9.24. The number of para-hydroxylation sites is 1. The standard InChI is InChI=1S/C32H28N2/c33-25-17-18-28(32(21-25)34-26-12-2-1-3-13-26)22-10-8-11-23(19-22)31-20-24-9-4-5-14-27(24)29-15-6-7-16-30(29)31/h1-6,8-15,17-21,30-31,34H,7,16,33H2. The topological polar surface area (TPSA) is 38.0 Å². The zero-order chi connectivity index (χ0) is 22.9. The van der Waals surface area contributed by atoms with Crippen molar-refractivity contribution >= 4 is 28.7 Å². The fourth-order valence-electron chi connectivity index (χ4n) is 5.48. The molecule has 0 aliphatic heterocycles. The second kappa shape index (κ2) is 8.72. The lowest BCUT2D eigenvalue weighted by Crippen LogP contribution is -2.36. The van der Waals surface area contributed by atoms with Gasteiger partial charge in [0.05, 0.1) is 0 Å². The predicted octanol–water partition coefficient (Wildman–Crippen LogP) is 6.37. The van der Waals surface area contributed by atoms with Crippen LogP contribution in [0.3, 0.4) is 0 Å². The second-order valence-electron chi connectivity index (χ2n) is 9.24. The number of allylic oxidation sites excluding steroid dienone is 2. The zero-order valence-electron chi connectivity index (χ0n) is 19.1. The van der Waals surface area contributed by atoms with Crippen LogP contribution in [0.5, 0.6) is 0 Å². The maximum atomic E-state index is 6.17. The molecule has 2 atom stereocenters. The van der Waals surface area contributed by atoms with Crippen LogP contribution in [0.25, 0.3) is 22.8 Å². The fourth-order valence-corrected chi connectivity index (χ4v) is 5.48. The SMILES string of the molecule is Nc1ccc(-c2cccc(C3C=c4ccccc4=C4C=CCCC43)c2)c(Nc2ccccc2)c1. The van der Waals surface area contributed by atoms with Crippen LogP contribution in [-0.2, 0) is 0 Å². The van der Waals surface area contributed by atoms with Gasteiger partial charge in [-0.2, -0.15) is 0 Å². The molecule has 0 spiro atoms. The summed E-state index contributed by atoms with van der Waals surface area (Å²) in [4.78, 5) is 0. The molecule has 2 heteroatoms. The van der Waals surface area contributed by atoms with E-state index in [-0.39, 0.29) is 0 Å². The summed E-state index contributed by atoms with van der Waals surface area (Å²) in [5.41, 5.74) is 14.2. The molecule has 2 aliphatic carbocycles. The highest BCUT2D eigenvalue weighted by molar-refractivity contribution is 5.84. The Morgan fingerprint density at radius 2 is 1.65 bits per heavy atom. The number of benzene rings is 4. The highest BCUT2D eigenvalue weighted by atomic mass is 14.9. The van der Waals surface area contributed by atoms with Crippen molar-refractivity contribution in [2.45, 2.75) is 18.8 Å². The molecule has 0 saturated carbocycles. The third-order valence-electron chi connectivity index (χ3n) is 7.08. The van der Waals surface area contributed by atoms with E-state index in [2.05, 4.69) is 90.3 Å². The van der Waals surface area contributed by atoms with Crippen molar-refractivity contribution < 1.29 is 0 Å². The van der Waals surface area contributed by atoms with Crippen LogP contribution in [0, 0.1) is 5.92 Å². The highest BCUT2D eigenvalue weighted by Crippen LogP contribution is 2.41. The van der Waals surface area contributed by atoms with Crippen LogP contribution < -0.4 is 21.5 Å². The molecular weight excluding hydrogens is 412 g/mol. The molecule has 0 bridgehead atoms. The van der Waals surface area contributed by atoms with Gasteiger partial charge < -0.3 is 11.1 Å². The van der Waals surface area contributed by atoms with Crippen molar-refractivity contribution in [1.29, 1.82) is 0 Å². The number of anilines is 3. The predicted molar refractivity (Wildman–Crippen MR) is 144 cm³/mol. The number of rotatable bonds is 4. The average molecular weight is 441 g/mol. The van der Waals surface area contributed by atoms with Crippen molar-refractivity contribution in [3.63, 3.8) is 0 Å². The monoisotopic (exact) mass is 440 g/mol. The maximum absolute atomic E-state index is 6.17. The first kappa shape index (κ1) is 20.6. The molecule has 4 aromatic rings. The molecule has 2 aliphatic rings. The lowest BCUT2D eigenvalue weighted by molar-refractivity contribution is 0.559. The van der Waals surface area contributed by atoms with Crippen LogP contribution in [0.15, 0.2) is 109 Å². The van der Waals surface area contributed by atoms with E-state index in [4.69, 9.17) is 5.73 Å². The Morgan fingerprint density at radius 1 is 0.794 bits per heavy atom. The molecule has 166 valence electrons. The minimum atomic E-state index is 0.370. The lowest BCUT2D eigenvalue weighted by atomic mass is 9.72. The Balaban J connectivity index is 1.43. The first-order valence-electron chi connectivity index (χ1n) is 12.1. The fraction of sp³-hybridized carbons (Fsp3) is 0.125. The van der Waals surface area contributed by atoms with Crippen molar-refractivity contribution in [1.82, 2.24) is 0 Å². The largest absolute Gasteiger partial charge is 0.399 e. The molecule has 34 heavy (non-hydrogen) atoms. The van der Waals surface area contributed by atoms with Crippen LogP contribution in [-0.4, -0.2) is 0 Å². The number of fused-ring (bicyclic) bond motifs is 2. The molecule has 0 amide bonds.